The lowest BCUT2D eigenvalue weighted by Crippen LogP contribution is -2.45. The Morgan fingerprint density at radius 1 is 1.05 bits per heavy atom. The molecular weight excluding hydrogens is 272 g/mol. The van der Waals surface area contributed by atoms with Gasteiger partial charge in [0, 0.05) is 19.5 Å². The maximum atomic E-state index is 12.5. The van der Waals surface area contributed by atoms with Gasteiger partial charge in [-0.15, -0.1) is 12.4 Å². The number of carbonyl (C=O) groups excluding carboxylic acids is 1. The highest BCUT2D eigenvalue weighted by Crippen LogP contribution is 2.39. The van der Waals surface area contributed by atoms with Crippen LogP contribution in [0.15, 0.2) is 0 Å². The van der Waals surface area contributed by atoms with Crippen LogP contribution in [0.3, 0.4) is 0 Å². The van der Waals surface area contributed by atoms with Crippen molar-refractivity contribution in [2.45, 2.75) is 65.2 Å². The summed E-state index contributed by atoms with van der Waals surface area (Å²) >= 11 is 0. The molecule has 4 heteroatoms. The van der Waals surface area contributed by atoms with Crippen LogP contribution in [0.25, 0.3) is 0 Å². The van der Waals surface area contributed by atoms with Crippen molar-refractivity contribution in [2.24, 2.45) is 16.6 Å². The second kappa shape index (κ2) is 7.13. The molecule has 118 valence electrons. The monoisotopic (exact) mass is 302 g/mol. The first-order chi connectivity index (χ1) is 8.96. The Morgan fingerprint density at radius 2 is 1.60 bits per heavy atom. The lowest BCUT2D eigenvalue weighted by Gasteiger charge is -2.40. The third kappa shape index (κ3) is 4.36. The molecule has 2 aliphatic rings. The number of likely N-dealkylation sites (tertiary alicyclic amines) is 1. The van der Waals surface area contributed by atoms with Crippen molar-refractivity contribution in [2.75, 3.05) is 19.6 Å². The van der Waals surface area contributed by atoms with E-state index in [9.17, 15) is 4.79 Å². The lowest BCUT2D eigenvalue weighted by molar-refractivity contribution is -0.136. The average molecular weight is 303 g/mol. The van der Waals surface area contributed by atoms with Gasteiger partial charge >= 0.3 is 0 Å². The largest absolute Gasteiger partial charge is 0.343 e. The fourth-order valence-corrected chi connectivity index (χ4v) is 3.55. The van der Waals surface area contributed by atoms with Crippen LogP contribution in [-0.2, 0) is 4.79 Å². The van der Waals surface area contributed by atoms with E-state index in [4.69, 9.17) is 5.73 Å². The quantitative estimate of drug-likeness (QED) is 0.869. The van der Waals surface area contributed by atoms with Gasteiger partial charge in [0.2, 0.25) is 5.91 Å². The number of rotatable bonds is 3. The molecule has 1 heterocycles. The van der Waals surface area contributed by atoms with Crippen molar-refractivity contribution in [1.29, 1.82) is 0 Å². The first-order valence-electron chi connectivity index (χ1n) is 7.94. The Hall–Kier alpha value is -0.280. The molecule has 1 aliphatic carbocycles. The molecule has 20 heavy (non-hydrogen) atoms. The van der Waals surface area contributed by atoms with Gasteiger partial charge in [-0.3, -0.25) is 4.79 Å². The van der Waals surface area contributed by atoms with Gasteiger partial charge in [0.15, 0.2) is 0 Å². The maximum absolute atomic E-state index is 12.5. The first kappa shape index (κ1) is 17.8. The molecule has 1 amide bonds. The molecule has 2 N–H and O–H groups in total. The predicted octanol–water partition coefficient (Wildman–Crippen LogP) is 3.36. The van der Waals surface area contributed by atoms with Crippen LogP contribution < -0.4 is 5.73 Å². The Kier molecular flexibility index (Phi) is 6.33. The summed E-state index contributed by atoms with van der Waals surface area (Å²) in [4.78, 5) is 14.6. The molecule has 0 aromatic heterocycles. The fourth-order valence-electron chi connectivity index (χ4n) is 3.55. The van der Waals surface area contributed by atoms with E-state index in [1.54, 1.807) is 0 Å². The summed E-state index contributed by atoms with van der Waals surface area (Å²) in [6, 6.07) is 0. The highest BCUT2D eigenvalue weighted by molar-refractivity contribution is 5.85. The first-order valence-corrected chi connectivity index (χ1v) is 7.94. The topological polar surface area (TPSA) is 46.3 Å². The lowest BCUT2D eigenvalue weighted by atomic mass is 9.71. The summed E-state index contributed by atoms with van der Waals surface area (Å²) in [5, 5.41) is 0. The number of carbonyl (C=O) groups is 1. The van der Waals surface area contributed by atoms with E-state index in [1.807, 2.05) is 0 Å². The minimum Gasteiger partial charge on any atom is -0.343 e. The van der Waals surface area contributed by atoms with Crippen LogP contribution in [0.1, 0.15) is 65.2 Å². The van der Waals surface area contributed by atoms with Crippen molar-refractivity contribution in [3.8, 4) is 0 Å². The summed E-state index contributed by atoms with van der Waals surface area (Å²) in [6.45, 7) is 7.16. The molecule has 2 fully saturated rings. The van der Waals surface area contributed by atoms with Gasteiger partial charge in [-0.2, -0.15) is 0 Å². The Morgan fingerprint density at radius 3 is 2.10 bits per heavy atom. The molecule has 1 saturated carbocycles. The van der Waals surface area contributed by atoms with Gasteiger partial charge in [-0.25, -0.2) is 0 Å². The van der Waals surface area contributed by atoms with E-state index in [2.05, 4.69) is 18.7 Å². The van der Waals surface area contributed by atoms with E-state index in [0.717, 1.165) is 38.8 Å². The Labute approximate surface area is 130 Å². The van der Waals surface area contributed by atoms with E-state index >= 15 is 0 Å². The molecule has 0 unspecified atom stereocenters. The summed E-state index contributed by atoms with van der Waals surface area (Å²) in [6.07, 6.45) is 9.05. The number of nitrogens with zero attached hydrogens (tertiary/aromatic N) is 1. The van der Waals surface area contributed by atoms with Gasteiger partial charge in [-0.05, 0) is 43.1 Å². The minimum absolute atomic E-state index is 0. The van der Waals surface area contributed by atoms with Crippen molar-refractivity contribution in [1.82, 2.24) is 4.90 Å². The number of nitrogens with two attached hydrogens (primary N) is 1. The van der Waals surface area contributed by atoms with Gasteiger partial charge in [-0.1, -0.05) is 33.1 Å². The number of halogens is 1. The number of hydrogen-bond donors (Lipinski definition) is 1. The van der Waals surface area contributed by atoms with E-state index in [-0.39, 0.29) is 17.8 Å². The van der Waals surface area contributed by atoms with Gasteiger partial charge in [0.05, 0.1) is 0 Å². The molecule has 1 aliphatic heterocycles. The van der Waals surface area contributed by atoms with Crippen LogP contribution in [0, 0.1) is 10.8 Å². The smallest absolute Gasteiger partial charge is 0.223 e. The molecule has 0 aromatic rings. The molecule has 0 radical (unpaired) electrons. The van der Waals surface area contributed by atoms with Crippen LogP contribution >= 0.6 is 12.4 Å². The zero-order valence-corrected chi connectivity index (χ0v) is 13.9. The zero-order chi connectivity index (χ0) is 13.9. The standard InChI is InChI=1S/C16H30N2O.ClH/c1-15(2)8-10-18(11-9-15)14(19)12-16(13-17)6-4-3-5-7-16;/h3-13,17H2,1-2H3;1H. The predicted molar refractivity (Wildman–Crippen MR) is 86.0 cm³/mol. The molecule has 3 nitrogen and oxygen atoms in total. The third-order valence-corrected chi connectivity index (χ3v) is 5.34. The molecule has 0 bridgehead atoms. The molecule has 0 spiro atoms. The van der Waals surface area contributed by atoms with E-state index in [0.29, 0.717) is 24.3 Å². The average Bonchev–Trinajstić information content (AvgIpc) is 2.39. The van der Waals surface area contributed by atoms with Crippen molar-refractivity contribution < 1.29 is 4.79 Å². The Bertz CT molecular complexity index is 314. The van der Waals surface area contributed by atoms with Crippen molar-refractivity contribution in [3.63, 3.8) is 0 Å². The molecule has 0 atom stereocenters. The molecule has 1 saturated heterocycles. The Balaban J connectivity index is 0.00000200. The number of amides is 1. The summed E-state index contributed by atoms with van der Waals surface area (Å²) < 4.78 is 0. The summed E-state index contributed by atoms with van der Waals surface area (Å²) in [5.74, 6) is 0.350. The maximum Gasteiger partial charge on any atom is 0.223 e. The number of piperidine rings is 1. The zero-order valence-electron chi connectivity index (χ0n) is 13.1. The molecule has 0 aromatic carbocycles. The normalized spacial score (nSPS) is 24.9. The summed E-state index contributed by atoms with van der Waals surface area (Å²) in [5.41, 5.74) is 6.51. The SMILES string of the molecule is CC1(C)CCN(C(=O)CC2(CN)CCCCC2)CC1.Cl. The molecule has 2 rings (SSSR count). The highest BCUT2D eigenvalue weighted by Gasteiger charge is 2.36. The van der Waals surface area contributed by atoms with Crippen molar-refractivity contribution in [3.05, 3.63) is 0 Å². The second-order valence-corrected chi connectivity index (χ2v) is 7.49. The van der Waals surface area contributed by atoms with Crippen molar-refractivity contribution >= 4 is 18.3 Å². The molecular formula is C16H31ClN2O. The van der Waals surface area contributed by atoms with Crippen LogP contribution in [0.2, 0.25) is 0 Å². The van der Waals surface area contributed by atoms with Crippen LogP contribution in [0.5, 0.6) is 0 Å². The van der Waals surface area contributed by atoms with Crippen LogP contribution in [-0.4, -0.2) is 30.4 Å². The van der Waals surface area contributed by atoms with Crippen LogP contribution in [0.4, 0.5) is 0 Å². The van der Waals surface area contributed by atoms with Gasteiger partial charge < -0.3 is 10.6 Å². The second-order valence-electron chi connectivity index (χ2n) is 7.49. The van der Waals surface area contributed by atoms with Gasteiger partial charge in [0.1, 0.15) is 0 Å². The summed E-state index contributed by atoms with van der Waals surface area (Å²) in [7, 11) is 0. The van der Waals surface area contributed by atoms with E-state index < -0.39 is 0 Å². The van der Waals surface area contributed by atoms with Gasteiger partial charge in [0.25, 0.3) is 0 Å². The van der Waals surface area contributed by atoms with E-state index in [1.165, 1.54) is 19.3 Å². The third-order valence-electron chi connectivity index (χ3n) is 5.34. The highest BCUT2D eigenvalue weighted by atomic mass is 35.5. The fraction of sp³-hybridized carbons (Fsp3) is 0.938. The minimum atomic E-state index is 0. The number of hydrogen-bond acceptors (Lipinski definition) is 2.